The molecule has 3 rings (SSSR count). The van der Waals surface area contributed by atoms with E-state index in [1.165, 1.54) is 0 Å². The Balaban J connectivity index is 1.98. The summed E-state index contributed by atoms with van der Waals surface area (Å²) in [5, 5.41) is 4.67. The van der Waals surface area contributed by atoms with Gasteiger partial charge in [-0.2, -0.15) is 5.10 Å². The molecule has 1 aliphatic rings. The fourth-order valence-corrected chi connectivity index (χ4v) is 3.42. The molecule has 1 heterocycles. The normalized spacial score (nSPS) is 18.8. The molecule has 0 bridgehead atoms. The van der Waals surface area contributed by atoms with Gasteiger partial charge in [0, 0.05) is 15.1 Å². The maximum Gasteiger partial charge on any atom is 0.355 e. The highest BCUT2D eigenvalue weighted by Gasteiger charge is 2.41. The molecule has 0 aliphatic carbocycles. The topological polar surface area (TPSA) is 67.8 Å². The van der Waals surface area contributed by atoms with Crippen LogP contribution >= 0.6 is 27.5 Å². The summed E-state index contributed by atoms with van der Waals surface area (Å²) in [4.78, 5) is 25.3. The molecule has 26 heavy (non-hydrogen) atoms. The predicted molar refractivity (Wildman–Crippen MR) is 104 cm³/mol. The molecule has 1 N–H and O–H groups in total. The molecule has 0 fully saturated rings. The fraction of sp³-hybridized carbons (Fsp3) is 0.211. The van der Waals surface area contributed by atoms with E-state index < -0.39 is 17.9 Å². The third kappa shape index (κ3) is 3.81. The van der Waals surface area contributed by atoms with Crippen LogP contribution in [-0.4, -0.2) is 30.1 Å². The Bertz CT molecular complexity index is 867. The van der Waals surface area contributed by atoms with Crippen LogP contribution in [0.3, 0.4) is 0 Å². The van der Waals surface area contributed by atoms with Crippen LogP contribution in [0.1, 0.15) is 28.8 Å². The number of hydrazone groups is 1. The number of halogens is 2. The number of ketones is 1. The van der Waals surface area contributed by atoms with Gasteiger partial charge in [0.15, 0.2) is 11.5 Å². The smallest absolute Gasteiger partial charge is 0.355 e. The SMILES string of the molecule is CCOC(=O)C1=NN[C@@H](C(=O)c2ccc(Cl)cc2)[C@@H]1c1cccc(Br)c1. The molecule has 0 spiro atoms. The summed E-state index contributed by atoms with van der Waals surface area (Å²) >= 11 is 9.33. The second-order valence-corrected chi connectivity index (χ2v) is 7.08. The van der Waals surface area contributed by atoms with Gasteiger partial charge in [-0.25, -0.2) is 4.79 Å². The average Bonchev–Trinajstić information content (AvgIpc) is 3.07. The number of carbonyl (C=O) groups is 2. The lowest BCUT2D eigenvalue weighted by Crippen LogP contribution is -2.37. The van der Waals surface area contributed by atoms with E-state index in [2.05, 4.69) is 26.5 Å². The molecule has 2 atom stereocenters. The first-order valence-corrected chi connectivity index (χ1v) is 9.24. The number of Topliss-reactive ketones (excluding diaryl/α,β-unsaturated/α-hetero) is 1. The van der Waals surface area contributed by atoms with Crippen LogP contribution in [0, 0.1) is 0 Å². The van der Waals surface area contributed by atoms with Gasteiger partial charge in [0.2, 0.25) is 0 Å². The molecule has 5 nitrogen and oxygen atoms in total. The van der Waals surface area contributed by atoms with E-state index in [1.54, 1.807) is 31.2 Å². The summed E-state index contributed by atoms with van der Waals surface area (Å²) in [5.74, 6) is -1.25. The summed E-state index contributed by atoms with van der Waals surface area (Å²) in [7, 11) is 0. The lowest BCUT2D eigenvalue weighted by atomic mass is 9.84. The Morgan fingerprint density at radius 3 is 2.62 bits per heavy atom. The standard InChI is InChI=1S/C19H16BrClN2O3/c1-2-26-19(25)17-15(12-4-3-5-13(20)10-12)16(22-23-17)18(24)11-6-8-14(21)9-7-11/h3-10,15-16,22H,2H2,1H3/t15-,16+/m0/s1. The van der Waals surface area contributed by atoms with E-state index in [0.29, 0.717) is 10.6 Å². The molecule has 7 heteroatoms. The van der Waals surface area contributed by atoms with Crippen molar-refractivity contribution in [3.63, 3.8) is 0 Å². The van der Waals surface area contributed by atoms with Crippen LogP contribution in [0.15, 0.2) is 58.1 Å². The largest absolute Gasteiger partial charge is 0.461 e. The van der Waals surface area contributed by atoms with Crippen LogP contribution in [0.5, 0.6) is 0 Å². The van der Waals surface area contributed by atoms with Gasteiger partial charge in [-0.15, -0.1) is 0 Å². The Labute approximate surface area is 164 Å². The molecular formula is C19H16BrClN2O3. The Kier molecular flexibility index (Phi) is 5.74. The van der Waals surface area contributed by atoms with Crippen molar-refractivity contribution in [2.45, 2.75) is 18.9 Å². The first-order chi connectivity index (χ1) is 12.5. The van der Waals surface area contributed by atoms with Gasteiger partial charge in [-0.1, -0.05) is 39.7 Å². The zero-order valence-corrected chi connectivity index (χ0v) is 16.3. The van der Waals surface area contributed by atoms with Crippen molar-refractivity contribution in [3.05, 3.63) is 69.2 Å². The molecule has 0 saturated heterocycles. The van der Waals surface area contributed by atoms with Gasteiger partial charge < -0.3 is 4.74 Å². The quantitative estimate of drug-likeness (QED) is 0.570. The van der Waals surface area contributed by atoms with Crippen LogP contribution in [0.2, 0.25) is 5.02 Å². The summed E-state index contributed by atoms with van der Waals surface area (Å²) in [6.07, 6.45) is 0. The van der Waals surface area contributed by atoms with Gasteiger partial charge in [0.05, 0.1) is 12.5 Å². The number of hydrogen-bond donors (Lipinski definition) is 1. The number of ether oxygens (including phenoxy) is 1. The van der Waals surface area contributed by atoms with Gasteiger partial charge in [0.25, 0.3) is 0 Å². The molecule has 0 amide bonds. The monoisotopic (exact) mass is 434 g/mol. The number of benzene rings is 2. The molecule has 0 unspecified atom stereocenters. The fourth-order valence-electron chi connectivity index (χ4n) is 2.87. The number of hydrogen-bond acceptors (Lipinski definition) is 5. The molecule has 1 aliphatic heterocycles. The molecule has 2 aromatic carbocycles. The highest BCUT2D eigenvalue weighted by Crippen LogP contribution is 2.30. The van der Waals surface area contributed by atoms with E-state index in [0.717, 1.165) is 10.0 Å². The molecule has 0 radical (unpaired) electrons. The van der Waals surface area contributed by atoms with Crippen molar-refractivity contribution in [1.82, 2.24) is 5.43 Å². The van der Waals surface area contributed by atoms with Crippen molar-refractivity contribution in [3.8, 4) is 0 Å². The van der Waals surface area contributed by atoms with Crippen LogP contribution in [0.25, 0.3) is 0 Å². The van der Waals surface area contributed by atoms with Gasteiger partial charge in [-0.3, -0.25) is 10.2 Å². The van der Waals surface area contributed by atoms with Gasteiger partial charge in [0.1, 0.15) is 6.04 Å². The number of nitrogens with zero attached hydrogens (tertiary/aromatic N) is 1. The van der Waals surface area contributed by atoms with E-state index in [9.17, 15) is 9.59 Å². The minimum Gasteiger partial charge on any atom is -0.461 e. The Hall–Kier alpha value is -2.18. The van der Waals surface area contributed by atoms with Crippen molar-refractivity contribution in [2.75, 3.05) is 6.61 Å². The number of rotatable bonds is 5. The van der Waals surface area contributed by atoms with Crippen LogP contribution in [0.4, 0.5) is 0 Å². The number of nitrogens with one attached hydrogen (secondary N) is 1. The third-order valence-electron chi connectivity index (χ3n) is 4.06. The maximum absolute atomic E-state index is 13.0. The molecule has 2 aromatic rings. The average molecular weight is 436 g/mol. The maximum atomic E-state index is 13.0. The zero-order chi connectivity index (χ0) is 18.7. The van der Waals surface area contributed by atoms with Crippen LogP contribution < -0.4 is 5.43 Å². The Morgan fingerprint density at radius 2 is 1.96 bits per heavy atom. The van der Waals surface area contributed by atoms with E-state index in [-0.39, 0.29) is 18.1 Å². The summed E-state index contributed by atoms with van der Waals surface area (Å²) in [6, 6.07) is 13.4. The van der Waals surface area contributed by atoms with Gasteiger partial charge >= 0.3 is 5.97 Å². The number of esters is 1. The summed E-state index contributed by atoms with van der Waals surface area (Å²) < 4.78 is 5.96. The minimum atomic E-state index is -0.704. The molecular weight excluding hydrogens is 420 g/mol. The third-order valence-corrected chi connectivity index (χ3v) is 4.80. The molecule has 0 saturated carbocycles. The van der Waals surface area contributed by atoms with E-state index in [4.69, 9.17) is 16.3 Å². The van der Waals surface area contributed by atoms with Crippen molar-refractivity contribution in [1.29, 1.82) is 0 Å². The highest BCUT2D eigenvalue weighted by molar-refractivity contribution is 9.10. The van der Waals surface area contributed by atoms with E-state index in [1.807, 2.05) is 24.3 Å². The lowest BCUT2D eigenvalue weighted by Gasteiger charge is -2.20. The predicted octanol–water partition coefficient (Wildman–Crippen LogP) is 3.96. The second-order valence-electron chi connectivity index (χ2n) is 5.73. The first kappa shape index (κ1) is 18.6. The lowest BCUT2D eigenvalue weighted by molar-refractivity contribution is -0.135. The molecule has 0 aromatic heterocycles. The first-order valence-electron chi connectivity index (χ1n) is 8.06. The molecule has 134 valence electrons. The van der Waals surface area contributed by atoms with Crippen molar-refractivity contribution >= 4 is 45.0 Å². The summed E-state index contributed by atoms with van der Waals surface area (Å²) in [6.45, 7) is 1.96. The van der Waals surface area contributed by atoms with Crippen LogP contribution in [-0.2, 0) is 9.53 Å². The Morgan fingerprint density at radius 1 is 1.23 bits per heavy atom. The highest BCUT2D eigenvalue weighted by atomic mass is 79.9. The van der Waals surface area contributed by atoms with Crippen molar-refractivity contribution in [2.24, 2.45) is 5.10 Å². The van der Waals surface area contributed by atoms with Crippen molar-refractivity contribution < 1.29 is 14.3 Å². The minimum absolute atomic E-state index is 0.172. The van der Waals surface area contributed by atoms with E-state index >= 15 is 0 Å². The van der Waals surface area contributed by atoms with Gasteiger partial charge in [-0.05, 0) is 48.9 Å². The summed E-state index contributed by atoms with van der Waals surface area (Å²) in [5.41, 5.74) is 4.30. The number of carbonyl (C=O) groups excluding carboxylic acids is 2. The zero-order valence-electron chi connectivity index (χ0n) is 13.9. The second kappa shape index (κ2) is 8.01.